The van der Waals surface area contributed by atoms with Crippen LogP contribution in [0.5, 0.6) is 11.5 Å². The lowest BCUT2D eigenvalue weighted by Crippen LogP contribution is -2.09. The molecule has 2 aromatic carbocycles. The summed E-state index contributed by atoms with van der Waals surface area (Å²) in [4.78, 5) is 30.9. The summed E-state index contributed by atoms with van der Waals surface area (Å²) in [6.45, 7) is 1.93. The fraction of sp³-hybridized carbons (Fsp3) is 0.190. The molecule has 2 N–H and O–H groups in total. The molecule has 1 aromatic heterocycles. The summed E-state index contributed by atoms with van der Waals surface area (Å²) in [5.41, 5.74) is 1.37. The van der Waals surface area contributed by atoms with E-state index in [0.29, 0.717) is 17.4 Å². The molecule has 6 heteroatoms. The number of rotatable bonds is 6. The molecule has 0 aliphatic heterocycles. The summed E-state index contributed by atoms with van der Waals surface area (Å²) >= 11 is 0. The number of hydrogen-bond acceptors (Lipinski definition) is 5. The van der Waals surface area contributed by atoms with Crippen LogP contribution in [0.2, 0.25) is 0 Å². The maximum Gasteiger partial charge on any atom is 0.248 e. The lowest BCUT2D eigenvalue weighted by Gasteiger charge is -2.08. The largest absolute Gasteiger partial charge is 0.506 e. The van der Waals surface area contributed by atoms with Gasteiger partial charge in [-0.1, -0.05) is 12.1 Å². The highest BCUT2D eigenvalue weighted by atomic mass is 16.5. The number of ketones is 1. The van der Waals surface area contributed by atoms with Crippen molar-refractivity contribution < 1.29 is 14.6 Å². The van der Waals surface area contributed by atoms with Gasteiger partial charge >= 0.3 is 0 Å². The van der Waals surface area contributed by atoms with Crippen molar-refractivity contribution in [3.05, 3.63) is 70.0 Å². The van der Waals surface area contributed by atoms with E-state index in [1.54, 1.807) is 7.11 Å². The van der Waals surface area contributed by atoms with Crippen LogP contribution in [0, 0.1) is 0 Å². The first-order valence-corrected chi connectivity index (χ1v) is 8.53. The zero-order valence-corrected chi connectivity index (χ0v) is 15.1. The SMILES string of the molecule is COc1ccc(CC(C)N=CC(=O)c2ccc(O)c3[nH]c(=O)ccc23)cc1. The van der Waals surface area contributed by atoms with Gasteiger partial charge in [0.1, 0.15) is 11.5 Å². The van der Waals surface area contributed by atoms with E-state index >= 15 is 0 Å². The van der Waals surface area contributed by atoms with Crippen LogP contribution in [0.1, 0.15) is 22.8 Å². The van der Waals surface area contributed by atoms with Crippen molar-refractivity contribution in [2.45, 2.75) is 19.4 Å². The molecule has 0 aliphatic rings. The molecule has 3 aromatic rings. The number of benzene rings is 2. The summed E-state index contributed by atoms with van der Waals surface area (Å²) in [5, 5.41) is 10.4. The van der Waals surface area contributed by atoms with Gasteiger partial charge < -0.3 is 14.8 Å². The van der Waals surface area contributed by atoms with Gasteiger partial charge in [0.2, 0.25) is 11.3 Å². The van der Waals surface area contributed by atoms with E-state index in [1.165, 1.54) is 30.5 Å². The number of Topliss-reactive ketones (excluding diaryl/α,β-unsaturated/α-hetero) is 1. The molecule has 0 aliphatic carbocycles. The number of nitrogens with zero attached hydrogens (tertiary/aromatic N) is 1. The number of nitrogens with one attached hydrogen (secondary N) is 1. The highest BCUT2D eigenvalue weighted by Gasteiger charge is 2.12. The third kappa shape index (κ3) is 4.23. The molecule has 0 spiro atoms. The number of aromatic amines is 1. The van der Waals surface area contributed by atoms with Gasteiger partial charge in [0.05, 0.1) is 24.9 Å². The van der Waals surface area contributed by atoms with Crippen molar-refractivity contribution in [2.24, 2.45) is 4.99 Å². The van der Waals surface area contributed by atoms with Crippen molar-refractivity contribution in [3.8, 4) is 11.5 Å². The van der Waals surface area contributed by atoms with Crippen LogP contribution in [0.15, 0.2) is 58.3 Å². The Kier molecular flexibility index (Phi) is 5.35. The molecule has 0 amide bonds. The summed E-state index contributed by atoms with van der Waals surface area (Å²) < 4.78 is 5.14. The van der Waals surface area contributed by atoms with Crippen LogP contribution in [0.25, 0.3) is 10.9 Å². The Labute approximate surface area is 156 Å². The van der Waals surface area contributed by atoms with Crippen molar-refractivity contribution in [1.29, 1.82) is 0 Å². The minimum atomic E-state index is -0.343. The summed E-state index contributed by atoms with van der Waals surface area (Å²) in [7, 11) is 1.62. The lowest BCUT2D eigenvalue weighted by atomic mass is 10.0. The number of aromatic hydroxyl groups is 1. The van der Waals surface area contributed by atoms with E-state index in [-0.39, 0.29) is 28.7 Å². The molecule has 1 heterocycles. The Hall–Kier alpha value is -3.41. The van der Waals surface area contributed by atoms with Crippen LogP contribution in [-0.2, 0) is 6.42 Å². The smallest absolute Gasteiger partial charge is 0.248 e. The van der Waals surface area contributed by atoms with Crippen molar-refractivity contribution in [3.63, 3.8) is 0 Å². The van der Waals surface area contributed by atoms with Crippen molar-refractivity contribution in [2.75, 3.05) is 7.11 Å². The Morgan fingerprint density at radius 2 is 1.93 bits per heavy atom. The molecule has 6 nitrogen and oxygen atoms in total. The predicted molar refractivity (Wildman–Crippen MR) is 105 cm³/mol. The second kappa shape index (κ2) is 7.86. The van der Waals surface area contributed by atoms with E-state index < -0.39 is 0 Å². The highest BCUT2D eigenvalue weighted by molar-refractivity contribution is 6.38. The first kappa shape index (κ1) is 18.4. The number of pyridine rings is 1. The number of aromatic nitrogens is 1. The van der Waals surface area contributed by atoms with Gasteiger partial charge in [-0.05, 0) is 49.2 Å². The van der Waals surface area contributed by atoms with E-state index in [2.05, 4.69) is 9.98 Å². The minimum absolute atomic E-state index is 0.0782. The van der Waals surface area contributed by atoms with Gasteiger partial charge in [-0.2, -0.15) is 0 Å². The van der Waals surface area contributed by atoms with Gasteiger partial charge in [-0.25, -0.2) is 0 Å². The molecule has 1 unspecified atom stereocenters. The Balaban J connectivity index is 1.77. The highest BCUT2D eigenvalue weighted by Crippen LogP contribution is 2.24. The minimum Gasteiger partial charge on any atom is -0.506 e. The zero-order valence-electron chi connectivity index (χ0n) is 15.1. The number of H-pyrrole nitrogens is 1. The summed E-state index contributed by atoms with van der Waals surface area (Å²) in [6, 6.07) is 13.4. The van der Waals surface area contributed by atoms with E-state index in [9.17, 15) is 14.7 Å². The Morgan fingerprint density at radius 1 is 1.19 bits per heavy atom. The monoisotopic (exact) mass is 364 g/mol. The van der Waals surface area contributed by atoms with E-state index in [1.807, 2.05) is 31.2 Å². The van der Waals surface area contributed by atoms with Crippen LogP contribution in [0.3, 0.4) is 0 Å². The topological polar surface area (TPSA) is 91.8 Å². The van der Waals surface area contributed by atoms with Gasteiger partial charge in [0.15, 0.2) is 0 Å². The molecule has 0 fully saturated rings. The maximum atomic E-state index is 12.6. The number of fused-ring (bicyclic) bond motifs is 1. The number of methoxy groups -OCH3 is 1. The molecule has 138 valence electrons. The number of aliphatic imine (C=N–C) groups is 1. The van der Waals surface area contributed by atoms with Crippen LogP contribution < -0.4 is 10.3 Å². The molecule has 0 bridgehead atoms. The van der Waals surface area contributed by atoms with Crippen LogP contribution >= 0.6 is 0 Å². The van der Waals surface area contributed by atoms with Gasteiger partial charge in [0.25, 0.3) is 0 Å². The number of phenols is 1. The third-order valence-electron chi connectivity index (χ3n) is 4.27. The Bertz CT molecular complexity index is 1050. The third-order valence-corrected chi connectivity index (χ3v) is 4.27. The fourth-order valence-corrected chi connectivity index (χ4v) is 2.87. The number of phenolic OH excluding ortho intramolecular Hbond substituents is 1. The second-order valence-corrected chi connectivity index (χ2v) is 6.29. The predicted octanol–water partition coefficient (Wildman–Crippen LogP) is 3.13. The summed E-state index contributed by atoms with van der Waals surface area (Å²) in [5.74, 6) is 0.431. The summed E-state index contributed by atoms with van der Waals surface area (Å²) in [6.07, 6.45) is 1.99. The molecule has 3 rings (SSSR count). The van der Waals surface area contributed by atoms with E-state index in [4.69, 9.17) is 4.74 Å². The number of carbonyl (C=O) groups excluding carboxylic acids is 1. The van der Waals surface area contributed by atoms with Crippen LogP contribution in [-0.4, -0.2) is 35.2 Å². The standard InChI is InChI=1S/C21H20N2O4/c1-13(11-14-3-5-15(27-2)6-4-14)22-12-19(25)16-7-9-18(24)21-17(16)8-10-20(26)23-21/h3-10,12-13,24H,11H2,1-2H3,(H,23,26). The van der Waals surface area contributed by atoms with Gasteiger partial charge in [-0.3, -0.25) is 14.6 Å². The fourth-order valence-electron chi connectivity index (χ4n) is 2.87. The van der Waals surface area contributed by atoms with Crippen molar-refractivity contribution >= 4 is 22.9 Å². The van der Waals surface area contributed by atoms with E-state index in [0.717, 1.165) is 11.3 Å². The maximum absolute atomic E-state index is 12.6. The molecular weight excluding hydrogens is 344 g/mol. The van der Waals surface area contributed by atoms with Crippen LogP contribution in [0.4, 0.5) is 0 Å². The molecule has 0 radical (unpaired) electrons. The molecule has 0 saturated carbocycles. The normalized spacial score (nSPS) is 12.4. The zero-order chi connectivity index (χ0) is 19.4. The molecule has 1 atom stereocenters. The first-order valence-electron chi connectivity index (χ1n) is 8.53. The van der Waals surface area contributed by atoms with Crippen molar-refractivity contribution in [1.82, 2.24) is 4.98 Å². The number of carbonyl (C=O) groups is 1. The Morgan fingerprint density at radius 3 is 2.63 bits per heavy atom. The first-order chi connectivity index (χ1) is 13.0. The molecule has 27 heavy (non-hydrogen) atoms. The second-order valence-electron chi connectivity index (χ2n) is 6.29. The number of ether oxygens (including phenoxy) is 1. The number of hydrogen-bond donors (Lipinski definition) is 2. The molecule has 0 saturated heterocycles. The van der Waals surface area contributed by atoms with Gasteiger partial charge in [0, 0.05) is 17.0 Å². The quantitative estimate of drug-likeness (QED) is 0.519. The van der Waals surface area contributed by atoms with Gasteiger partial charge in [-0.15, -0.1) is 0 Å². The molecular formula is C21H20N2O4. The average Bonchev–Trinajstić information content (AvgIpc) is 2.67. The lowest BCUT2D eigenvalue weighted by molar-refractivity contribution is 0.107. The average molecular weight is 364 g/mol.